The minimum Gasteiger partial charge on any atom is -0.480 e. The van der Waals surface area contributed by atoms with Gasteiger partial charge in [0.15, 0.2) is 0 Å². The number of carbonyl (C=O) groups excluding carboxylic acids is 1. The van der Waals surface area contributed by atoms with Gasteiger partial charge in [-0.2, -0.15) is 0 Å². The highest BCUT2D eigenvalue weighted by Crippen LogP contribution is 2.13. The number of nitro groups is 1. The number of non-ortho nitro benzene ring substituents is 1. The van der Waals surface area contributed by atoms with E-state index in [-0.39, 0.29) is 24.6 Å². The van der Waals surface area contributed by atoms with Crippen LogP contribution < -0.4 is 0 Å². The molecule has 0 heterocycles. The lowest BCUT2D eigenvalue weighted by atomic mass is 10.1. The summed E-state index contributed by atoms with van der Waals surface area (Å²) in [4.78, 5) is 33.7. The highest BCUT2D eigenvalue weighted by Gasteiger charge is 2.16. The number of amides is 1. The SMILES string of the molecule is C=CCN(CC(=O)O)C(=O)Cc1ccc([N+](=O)[O-])cc1. The van der Waals surface area contributed by atoms with E-state index in [2.05, 4.69) is 6.58 Å². The highest BCUT2D eigenvalue weighted by molar-refractivity contribution is 5.83. The first kappa shape index (κ1) is 15.4. The van der Waals surface area contributed by atoms with Gasteiger partial charge in [-0.25, -0.2) is 0 Å². The van der Waals surface area contributed by atoms with E-state index in [0.717, 1.165) is 4.90 Å². The standard InChI is InChI=1S/C13H14N2O5/c1-2-7-14(9-13(17)18)12(16)8-10-3-5-11(6-4-10)15(19)20/h2-6H,1,7-9H2,(H,17,18). The fourth-order valence-electron chi connectivity index (χ4n) is 1.60. The molecular formula is C13H14N2O5. The second kappa shape index (κ2) is 7.03. The number of hydrogen-bond donors (Lipinski definition) is 1. The summed E-state index contributed by atoms with van der Waals surface area (Å²) in [7, 11) is 0. The van der Waals surface area contributed by atoms with Gasteiger partial charge in [0.05, 0.1) is 11.3 Å². The van der Waals surface area contributed by atoms with E-state index in [9.17, 15) is 19.7 Å². The van der Waals surface area contributed by atoms with Crippen LogP contribution in [0.15, 0.2) is 36.9 Å². The number of carboxylic acid groups (broad SMARTS) is 1. The van der Waals surface area contributed by atoms with Gasteiger partial charge in [-0.3, -0.25) is 19.7 Å². The lowest BCUT2D eigenvalue weighted by Gasteiger charge is -2.18. The van der Waals surface area contributed by atoms with E-state index in [0.29, 0.717) is 5.56 Å². The molecule has 0 spiro atoms. The number of nitrogens with zero attached hydrogens (tertiary/aromatic N) is 2. The van der Waals surface area contributed by atoms with Crippen molar-refractivity contribution in [2.24, 2.45) is 0 Å². The fraction of sp³-hybridized carbons (Fsp3) is 0.231. The molecule has 7 heteroatoms. The maximum atomic E-state index is 11.9. The molecule has 1 amide bonds. The summed E-state index contributed by atoms with van der Waals surface area (Å²) in [5.74, 6) is -1.48. The van der Waals surface area contributed by atoms with Gasteiger partial charge in [0.25, 0.3) is 5.69 Å². The van der Waals surface area contributed by atoms with Gasteiger partial charge in [0.1, 0.15) is 6.54 Å². The Balaban J connectivity index is 2.74. The van der Waals surface area contributed by atoms with Crippen molar-refractivity contribution in [3.63, 3.8) is 0 Å². The molecule has 1 N–H and O–H groups in total. The Hall–Kier alpha value is -2.70. The van der Waals surface area contributed by atoms with Crippen LogP contribution in [-0.2, 0) is 16.0 Å². The quantitative estimate of drug-likeness (QED) is 0.459. The third kappa shape index (κ3) is 4.52. The minimum absolute atomic E-state index is 0.0148. The highest BCUT2D eigenvalue weighted by atomic mass is 16.6. The Morgan fingerprint density at radius 3 is 2.40 bits per heavy atom. The van der Waals surface area contributed by atoms with Gasteiger partial charge < -0.3 is 10.0 Å². The summed E-state index contributed by atoms with van der Waals surface area (Å²) < 4.78 is 0. The van der Waals surface area contributed by atoms with Gasteiger partial charge in [0.2, 0.25) is 5.91 Å². The summed E-state index contributed by atoms with van der Waals surface area (Å²) >= 11 is 0. The molecule has 7 nitrogen and oxygen atoms in total. The Labute approximate surface area is 115 Å². The van der Waals surface area contributed by atoms with Crippen molar-refractivity contribution in [1.29, 1.82) is 0 Å². The van der Waals surface area contributed by atoms with E-state index in [1.165, 1.54) is 30.3 Å². The maximum Gasteiger partial charge on any atom is 0.323 e. The zero-order valence-electron chi connectivity index (χ0n) is 10.7. The first-order valence-electron chi connectivity index (χ1n) is 5.78. The summed E-state index contributed by atoms with van der Waals surface area (Å²) in [6.45, 7) is 3.20. The number of carbonyl (C=O) groups is 2. The van der Waals surface area contributed by atoms with Crippen LogP contribution in [0.4, 0.5) is 5.69 Å². The van der Waals surface area contributed by atoms with Crippen LogP contribution in [0.5, 0.6) is 0 Å². The van der Waals surface area contributed by atoms with Crippen LogP contribution in [-0.4, -0.2) is 39.9 Å². The smallest absolute Gasteiger partial charge is 0.323 e. The molecule has 1 aromatic carbocycles. The van der Waals surface area contributed by atoms with Gasteiger partial charge in [0, 0.05) is 18.7 Å². The third-order valence-corrected chi connectivity index (χ3v) is 2.53. The zero-order valence-corrected chi connectivity index (χ0v) is 10.7. The second-order valence-electron chi connectivity index (χ2n) is 4.06. The summed E-state index contributed by atoms with van der Waals surface area (Å²) in [6, 6.07) is 5.56. The molecule has 0 aromatic heterocycles. The largest absolute Gasteiger partial charge is 0.480 e. The predicted octanol–water partition coefficient (Wildman–Crippen LogP) is 1.24. The molecule has 0 radical (unpaired) electrons. The van der Waals surface area contributed by atoms with Crippen LogP contribution in [0.1, 0.15) is 5.56 Å². The van der Waals surface area contributed by atoms with E-state index < -0.39 is 17.4 Å². The number of aliphatic carboxylic acids is 1. The molecule has 106 valence electrons. The Kier molecular flexibility index (Phi) is 5.40. The second-order valence-corrected chi connectivity index (χ2v) is 4.06. The first-order valence-corrected chi connectivity index (χ1v) is 5.78. The number of rotatable bonds is 7. The molecule has 0 atom stereocenters. The molecule has 0 unspecified atom stereocenters. The van der Waals surface area contributed by atoms with Gasteiger partial charge in [-0.05, 0) is 5.56 Å². The van der Waals surface area contributed by atoms with Crippen molar-refractivity contribution >= 4 is 17.6 Å². The van der Waals surface area contributed by atoms with Gasteiger partial charge in [-0.1, -0.05) is 18.2 Å². The maximum absolute atomic E-state index is 11.9. The van der Waals surface area contributed by atoms with Crippen molar-refractivity contribution in [1.82, 2.24) is 4.90 Å². The van der Waals surface area contributed by atoms with Crippen LogP contribution in [0.3, 0.4) is 0 Å². The normalized spacial score (nSPS) is 9.80. The minimum atomic E-state index is -1.11. The molecule has 0 saturated carbocycles. The van der Waals surface area contributed by atoms with E-state index in [1.807, 2.05) is 0 Å². The molecule has 0 saturated heterocycles. The number of carboxylic acids is 1. The van der Waals surface area contributed by atoms with Crippen molar-refractivity contribution in [3.05, 3.63) is 52.6 Å². The molecule has 0 bridgehead atoms. The number of hydrogen-bond acceptors (Lipinski definition) is 4. The Morgan fingerprint density at radius 1 is 1.35 bits per heavy atom. The lowest BCUT2D eigenvalue weighted by molar-refractivity contribution is -0.384. The Morgan fingerprint density at radius 2 is 1.95 bits per heavy atom. The van der Waals surface area contributed by atoms with Crippen LogP contribution >= 0.6 is 0 Å². The van der Waals surface area contributed by atoms with E-state index >= 15 is 0 Å². The van der Waals surface area contributed by atoms with Crippen LogP contribution in [0.2, 0.25) is 0 Å². The molecule has 0 aliphatic rings. The van der Waals surface area contributed by atoms with E-state index in [1.54, 1.807) is 0 Å². The van der Waals surface area contributed by atoms with Crippen molar-refractivity contribution in [2.45, 2.75) is 6.42 Å². The van der Waals surface area contributed by atoms with Crippen molar-refractivity contribution in [3.8, 4) is 0 Å². The number of nitro benzene ring substituents is 1. The van der Waals surface area contributed by atoms with Crippen LogP contribution in [0.25, 0.3) is 0 Å². The molecule has 1 rings (SSSR count). The monoisotopic (exact) mass is 278 g/mol. The van der Waals surface area contributed by atoms with Crippen LogP contribution in [0, 0.1) is 10.1 Å². The molecule has 20 heavy (non-hydrogen) atoms. The molecule has 0 aliphatic heterocycles. The molecule has 0 fully saturated rings. The summed E-state index contributed by atoms with van der Waals surface area (Å²) in [6.07, 6.45) is 1.43. The molecule has 0 aliphatic carbocycles. The predicted molar refractivity (Wildman–Crippen MR) is 71.2 cm³/mol. The average molecular weight is 278 g/mol. The van der Waals surface area contributed by atoms with Gasteiger partial charge in [-0.15, -0.1) is 6.58 Å². The van der Waals surface area contributed by atoms with Crippen molar-refractivity contribution in [2.75, 3.05) is 13.1 Å². The zero-order chi connectivity index (χ0) is 15.1. The van der Waals surface area contributed by atoms with Gasteiger partial charge >= 0.3 is 5.97 Å². The average Bonchev–Trinajstić information content (AvgIpc) is 2.38. The number of benzene rings is 1. The van der Waals surface area contributed by atoms with Crippen molar-refractivity contribution < 1.29 is 19.6 Å². The lowest BCUT2D eigenvalue weighted by Crippen LogP contribution is -2.36. The third-order valence-electron chi connectivity index (χ3n) is 2.53. The summed E-state index contributed by atoms with van der Waals surface area (Å²) in [5.41, 5.74) is 0.523. The van der Waals surface area contributed by atoms with E-state index in [4.69, 9.17) is 5.11 Å². The Bertz CT molecular complexity index is 524. The summed E-state index contributed by atoms with van der Waals surface area (Å²) in [5, 5.41) is 19.2. The molecule has 1 aromatic rings. The fourth-order valence-corrected chi connectivity index (χ4v) is 1.60. The first-order chi connectivity index (χ1) is 9.43. The topological polar surface area (TPSA) is 101 Å². The molecular weight excluding hydrogens is 264 g/mol.